The van der Waals surface area contributed by atoms with Gasteiger partial charge in [-0.15, -0.1) is 0 Å². The van der Waals surface area contributed by atoms with Crippen molar-refractivity contribution in [3.63, 3.8) is 0 Å². The maximum atomic E-state index is 12.8. The third-order valence-corrected chi connectivity index (χ3v) is 5.37. The Morgan fingerprint density at radius 2 is 2.03 bits per heavy atom. The average Bonchev–Trinajstić information content (AvgIpc) is 3.40. The van der Waals surface area contributed by atoms with Crippen LogP contribution in [0.1, 0.15) is 35.5 Å². The normalized spacial score (nSPS) is 14.5. The maximum Gasteiger partial charge on any atom is 0.266 e. The molecule has 3 aromatic heterocycles. The molecule has 1 N–H and O–H groups in total. The van der Waals surface area contributed by atoms with Crippen LogP contribution < -0.4 is 10.2 Å². The lowest BCUT2D eigenvalue weighted by Crippen LogP contribution is -2.38. The molecule has 1 amide bonds. The number of carbonyl (C=O) groups is 1. The van der Waals surface area contributed by atoms with Gasteiger partial charge in [-0.3, -0.25) is 9.78 Å². The minimum atomic E-state index is -0.112. The summed E-state index contributed by atoms with van der Waals surface area (Å²) in [5, 5.41) is 12.5. The zero-order valence-corrected chi connectivity index (χ0v) is 17.2. The topological polar surface area (TPSA) is 108 Å². The van der Waals surface area contributed by atoms with Gasteiger partial charge < -0.3 is 19.1 Å². The summed E-state index contributed by atoms with van der Waals surface area (Å²) in [6.07, 6.45) is 2.85. The van der Waals surface area contributed by atoms with E-state index in [1.165, 1.54) is 6.26 Å². The van der Waals surface area contributed by atoms with Gasteiger partial charge in [0.05, 0.1) is 17.6 Å². The summed E-state index contributed by atoms with van der Waals surface area (Å²) in [5.74, 6) is 1.08. The molecule has 0 saturated carbocycles. The summed E-state index contributed by atoms with van der Waals surface area (Å²) < 4.78 is 11.1. The van der Waals surface area contributed by atoms with Gasteiger partial charge >= 0.3 is 0 Å². The Morgan fingerprint density at radius 1 is 1.27 bits per heavy atom. The SMILES string of the molecule is Cc1cc(C)c(NC(=O)C2CCN(c3oc(-c4ccco4)nc3C#N)CC2)c(C)n1. The van der Waals surface area contributed by atoms with Crippen molar-refractivity contribution in [3.05, 3.63) is 47.1 Å². The van der Waals surface area contributed by atoms with E-state index in [0.717, 1.165) is 22.6 Å². The number of furan rings is 1. The summed E-state index contributed by atoms with van der Waals surface area (Å²) in [5.41, 5.74) is 3.78. The quantitative estimate of drug-likeness (QED) is 0.699. The van der Waals surface area contributed by atoms with Crippen molar-refractivity contribution in [2.45, 2.75) is 33.6 Å². The number of carbonyl (C=O) groups excluding carboxylic acids is 1. The fraction of sp³-hybridized carbons (Fsp3) is 0.364. The van der Waals surface area contributed by atoms with Crippen LogP contribution in [0, 0.1) is 38.0 Å². The summed E-state index contributed by atoms with van der Waals surface area (Å²) in [6, 6.07) is 7.52. The van der Waals surface area contributed by atoms with Crippen molar-refractivity contribution in [1.29, 1.82) is 5.26 Å². The van der Waals surface area contributed by atoms with Crippen molar-refractivity contribution in [2.24, 2.45) is 5.92 Å². The number of hydrogen-bond acceptors (Lipinski definition) is 7. The van der Waals surface area contributed by atoms with E-state index in [9.17, 15) is 10.1 Å². The van der Waals surface area contributed by atoms with E-state index in [-0.39, 0.29) is 23.4 Å². The minimum Gasteiger partial charge on any atom is -0.459 e. The lowest BCUT2D eigenvalue weighted by atomic mass is 9.95. The molecule has 0 atom stereocenters. The summed E-state index contributed by atoms with van der Waals surface area (Å²) in [6.45, 7) is 7.02. The predicted molar refractivity (Wildman–Crippen MR) is 111 cm³/mol. The first-order chi connectivity index (χ1) is 14.5. The van der Waals surface area contributed by atoms with Gasteiger partial charge in [-0.05, 0) is 57.4 Å². The zero-order chi connectivity index (χ0) is 21.3. The standard InChI is InChI=1S/C22H23N5O3/c1-13-11-14(2)24-15(3)19(13)26-20(28)16-6-8-27(9-7-16)22-17(12-23)25-21(30-22)18-5-4-10-29-18/h4-5,10-11,16H,6-9H2,1-3H3,(H,26,28). The third kappa shape index (κ3) is 3.79. The number of piperidine rings is 1. The van der Waals surface area contributed by atoms with E-state index in [4.69, 9.17) is 8.83 Å². The predicted octanol–water partition coefficient (Wildman–Crippen LogP) is 3.98. The monoisotopic (exact) mass is 405 g/mol. The fourth-order valence-corrected chi connectivity index (χ4v) is 3.89. The van der Waals surface area contributed by atoms with Crippen molar-refractivity contribution >= 4 is 17.5 Å². The first kappa shape index (κ1) is 19.7. The van der Waals surface area contributed by atoms with Crippen molar-refractivity contribution in [3.8, 4) is 17.7 Å². The molecule has 1 aliphatic rings. The molecule has 0 unspecified atom stereocenters. The van der Waals surface area contributed by atoms with Crippen LogP contribution in [-0.4, -0.2) is 29.0 Å². The summed E-state index contributed by atoms with van der Waals surface area (Å²) >= 11 is 0. The highest BCUT2D eigenvalue weighted by Crippen LogP contribution is 2.31. The van der Waals surface area contributed by atoms with Crippen LogP contribution in [0.4, 0.5) is 11.6 Å². The van der Waals surface area contributed by atoms with Gasteiger partial charge in [0.2, 0.25) is 17.5 Å². The van der Waals surface area contributed by atoms with Gasteiger partial charge in [0.15, 0.2) is 5.76 Å². The first-order valence-electron chi connectivity index (χ1n) is 9.91. The lowest BCUT2D eigenvalue weighted by molar-refractivity contribution is -0.120. The number of aromatic nitrogens is 2. The zero-order valence-electron chi connectivity index (χ0n) is 17.2. The lowest BCUT2D eigenvalue weighted by Gasteiger charge is -2.31. The molecule has 154 valence electrons. The molecule has 0 spiro atoms. The van der Waals surface area contributed by atoms with Crippen LogP contribution in [0.2, 0.25) is 0 Å². The van der Waals surface area contributed by atoms with Crippen LogP contribution in [0.5, 0.6) is 0 Å². The number of nitrogens with zero attached hydrogens (tertiary/aromatic N) is 4. The Hall–Kier alpha value is -3.60. The number of rotatable bonds is 4. The van der Waals surface area contributed by atoms with Gasteiger partial charge in [-0.2, -0.15) is 10.2 Å². The molecule has 8 nitrogen and oxygen atoms in total. The average molecular weight is 405 g/mol. The van der Waals surface area contributed by atoms with E-state index in [2.05, 4.69) is 21.4 Å². The van der Waals surface area contributed by atoms with Gasteiger partial charge in [0.25, 0.3) is 5.89 Å². The molecule has 0 radical (unpaired) electrons. The molecule has 0 aromatic carbocycles. The number of oxazole rings is 1. The van der Waals surface area contributed by atoms with Crippen LogP contribution in [0.15, 0.2) is 33.3 Å². The van der Waals surface area contributed by atoms with Crippen LogP contribution in [-0.2, 0) is 4.79 Å². The molecule has 4 rings (SSSR count). The van der Waals surface area contributed by atoms with Crippen LogP contribution in [0.25, 0.3) is 11.7 Å². The molecular formula is C22H23N5O3. The number of amides is 1. The number of aryl methyl sites for hydroxylation is 3. The van der Waals surface area contributed by atoms with Crippen molar-refractivity contribution in [1.82, 2.24) is 9.97 Å². The van der Waals surface area contributed by atoms with Gasteiger partial charge in [-0.25, -0.2) is 0 Å². The second-order valence-electron chi connectivity index (χ2n) is 7.55. The summed E-state index contributed by atoms with van der Waals surface area (Å²) in [7, 11) is 0. The van der Waals surface area contributed by atoms with E-state index in [1.54, 1.807) is 12.1 Å². The number of hydrogen-bond donors (Lipinski definition) is 1. The Bertz CT molecular complexity index is 1080. The highest BCUT2D eigenvalue weighted by atomic mass is 16.4. The fourth-order valence-electron chi connectivity index (χ4n) is 3.89. The highest BCUT2D eigenvalue weighted by molar-refractivity contribution is 5.94. The second kappa shape index (κ2) is 8.03. The molecule has 1 fully saturated rings. The largest absolute Gasteiger partial charge is 0.459 e. The molecule has 0 aliphatic carbocycles. The third-order valence-electron chi connectivity index (χ3n) is 5.37. The number of pyridine rings is 1. The van der Waals surface area contributed by atoms with Crippen LogP contribution in [0.3, 0.4) is 0 Å². The van der Waals surface area contributed by atoms with Gasteiger partial charge in [-0.1, -0.05) is 0 Å². The molecule has 1 aliphatic heterocycles. The minimum absolute atomic E-state index is 0.000791. The molecule has 30 heavy (non-hydrogen) atoms. The van der Waals surface area contributed by atoms with E-state index < -0.39 is 0 Å². The second-order valence-corrected chi connectivity index (χ2v) is 7.55. The number of nitrogens with one attached hydrogen (secondary N) is 1. The number of nitriles is 1. The smallest absolute Gasteiger partial charge is 0.266 e. The summed E-state index contributed by atoms with van der Waals surface area (Å²) in [4.78, 5) is 23.5. The van der Waals surface area contributed by atoms with E-state index in [1.807, 2.05) is 31.7 Å². The Morgan fingerprint density at radius 3 is 2.67 bits per heavy atom. The molecule has 0 bridgehead atoms. The Balaban J connectivity index is 1.43. The molecule has 4 heterocycles. The van der Waals surface area contributed by atoms with Crippen molar-refractivity contribution < 1.29 is 13.6 Å². The van der Waals surface area contributed by atoms with Gasteiger partial charge in [0.1, 0.15) is 6.07 Å². The molecule has 3 aromatic rings. The Labute approximate surface area is 174 Å². The highest BCUT2D eigenvalue weighted by Gasteiger charge is 2.29. The first-order valence-corrected chi connectivity index (χ1v) is 9.91. The van der Waals surface area contributed by atoms with Gasteiger partial charge in [0, 0.05) is 24.7 Å². The van der Waals surface area contributed by atoms with Crippen molar-refractivity contribution in [2.75, 3.05) is 23.3 Å². The van der Waals surface area contributed by atoms with Crippen LogP contribution >= 0.6 is 0 Å². The Kier molecular flexibility index (Phi) is 5.27. The number of anilines is 2. The molecule has 1 saturated heterocycles. The van der Waals surface area contributed by atoms with E-state index >= 15 is 0 Å². The molecule has 8 heteroatoms. The maximum absolute atomic E-state index is 12.8. The van der Waals surface area contributed by atoms with E-state index in [0.29, 0.717) is 37.6 Å². The molecular weight excluding hydrogens is 382 g/mol.